The minimum atomic E-state index is -0.546. The highest BCUT2D eigenvalue weighted by Crippen LogP contribution is 2.44. The van der Waals surface area contributed by atoms with Gasteiger partial charge in [-0.05, 0) is 58.2 Å². The molecule has 0 saturated carbocycles. The van der Waals surface area contributed by atoms with E-state index in [0.29, 0.717) is 35.6 Å². The quantitative estimate of drug-likeness (QED) is 0.752. The van der Waals surface area contributed by atoms with E-state index < -0.39 is 11.9 Å². The molecular formula is C22H27NO5. The smallest absolute Gasteiger partial charge is 0.337 e. The van der Waals surface area contributed by atoms with Gasteiger partial charge in [0.1, 0.15) is 0 Å². The fourth-order valence-electron chi connectivity index (χ4n) is 3.85. The zero-order valence-electron chi connectivity index (χ0n) is 16.8. The van der Waals surface area contributed by atoms with E-state index in [9.17, 15) is 14.7 Å². The van der Waals surface area contributed by atoms with E-state index in [2.05, 4.69) is 5.32 Å². The standard InChI is InChI=1S/C22H27NO5/c1-5-27-18-11-14(9-10-16(18)24)20-19(22(26)28-12(2)3)13(4)23-15-7-6-8-17(25)21(15)20/h9-12,20,23-24H,5-8H2,1-4H3/t20-/m0/s1. The largest absolute Gasteiger partial charge is 0.504 e. The molecule has 1 aromatic rings. The summed E-state index contributed by atoms with van der Waals surface area (Å²) >= 11 is 0. The number of aromatic hydroxyl groups is 1. The average Bonchev–Trinajstić information content (AvgIpc) is 2.62. The van der Waals surface area contributed by atoms with E-state index in [0.717, 1.165) is 24.1 Å². The molecule has 2 N–H and O–H groups in total. The summed E-state index contributed by atoms with van der Waals surface area (Å²) in [6, 6.07) is 4.98. The first-order chi connectivity index (χ1) is 13.3. The molecule has 0 amide bonds. The van der Waals surface area contributed by atoms with Crippen LogP contribution in [0.5, 0.6) is 11.5 Å². The molecule has 3 rings (SSSR count). The van der Waals surface area contributed by atoms with Crippen LogP contribution < -0.4 is 10.1 Å². The van der Waals surface area contributed by atoms with E-state index in [-0.39, 0.29) is 17.6 Å². The number of phenolic OH excluding ortho intramolecular Hbond substituents is 1. The van der Waals surface area contributed by atoms with E-state index >= 15 is 0 Å². The highest BCUT2D eigenvalue weighted by atomic mass is 16.5. The van der Waals surface area contributed by atoms with Crippen LogP contribution >= 0.6 is 0 Å². The van der Waals surface area contributed by atoms with Crippen LogP contribution in [0.15, 0.2) is 40.7 Å². The number of allylic oxidation sites excluding steroid dienone is 3. The van der Waals surface area contributed by atoms with Crippen LogP contribution in [0.3, 0.4) is 0 Å². The lowest BCUT2D eigenvalue weighted by atomic mass is 9.75. The third-order valence-electron chi connectivity index (χ3n) is 4.96. The van der Waals surface area contributed by atoms with Gasteiger partial charge in [-0.15, -0.1) is 0 Å². The Morgan fingerprint density at radius 2 is 2.07 bits per heavy atom. The van der Waals surface area contributed by atoms with Crippen molar-refractivity contribution in [2.24, 2.45) is 0 Å². The molecule has 0 saturated heterocycles. The van der Waals surface area contributed by atoms with Crippen LogP contribution in [0.2, 0.25) is 0 Å². The number of ketones is 1. The predicted octanol–water partition coefficient (Wildman–Crippen LogP) is 3.71. The molecule has 0 bridgehead atoms. The van der Waals surface area contributed by atoms with Crippen LogP contribution in [0, 0.1) is 0 Å². The van der Waals surface area contributed by atoms with Crippen LogP contribution in [0.4, 0.5) is 0 Å². The van der Waals surface area contributed by atoms with E-state index in [4.69, 9.17) is 9.47 Å². The van der Waals surface area contributed by atoms with Gasteiger partial charge < -0.3 is 19.9 Å². The predicted molar refractivity (Wildman–Crippen MR) is 105 cm³/mol. The van der Waals surface area contributed by atoms with Crippen molar-refractivity contribution in [2.45, 2.75) is 59.0 Å². The highest BCUT2D eigenvalue weighted by molar-refractivity contribution is 6.03. The van der Waals surface area contributed by atoms with Crippen molar-refractivity contribution >= 4 is 11.8 Å². The number of ether oxygens (including phenoxy) is 2. The van der Waals surface area contributed by atoms with Gasteiger partial charge >= 0.3 is 5.97 Å². The molecule has 0 unspecified atom stereocenters. The summed E-state index contributed by atoms with van der Waals surface area (Å²) in [6.07, 6.45) is 1.73. The maximum absolute atomic E-state index is 12.9. The van der Waals surface area contributed by atoms with Crippen LogP contribution in [0.25, 0.3) is 0 Å². The molecule has 1 heterocycles. The van der Waals surface area contributed by atoms with Crippen molar-refractivity contribution < 1.29 is 24.2 Å². The van der Waals surface area contributed by atoms with Gasteiger partial charge in [-0.3, -0.25) is 4.79 Å². The molecule has 150 valence electrons. The first kappa shape index (κ1) is 20.0. The summed E-state index contributed by atoms with van der Waals surface area (Å²) in [5, 5.41) is 13.3. The van der Waals surface area contributed by atoms with Gasteiger partial charge in [0.25, 0.3) is 0 Å². The van der Waals surface area contributed by atoms with Crippen LogP contribution in [0.1, 0.15) is 58.4 Å². The first-order valence-corrected chi connectivity index (χ1v) is 9.74. The number of esters is 1. The average molecular weight is 385 g/mol. The Labute approximate surface area is 165 Å². The minimum absolute atomic E-state index is 0.0238. The number of rotatable bonds is 5. The van der Waals surface area contributed by atoms with Gasteiger partial charge in [-0.1, -0.05) is 6.07 Å². The van der Waals surface area contributed by atoms with Gasteiger partial charge in [-0.2, -0.15) is 0 Å². The lowest BCUT2D eigenvalue weighted by Gasteiger charge is -2.34. The molecule has 6 heteroatoms. The van der Waals surface area contributed by atoms with Crippen molar-refractivity contribution in [2.75, 3.05) is 6.61 Å². The van der Waals surface area contributed by atoms with E-state index in [1.165, 1.54) is 6.07 Å². The maximum atomic E-state index is 12.9. The lowest BCUT2D eigenvalue weighted by Crippen LogP contribution is -2.34. The second-order valence-electron chi connectivity index (χ2n) is 7.38. The molecule has 1 aliphatic carbocycles. The Bertz CT molecular complexity index is 866. The molecule has 0 fully saturated rings. The normalized spacial score (nSPS) is 19.5. The Morgan fingerprint density at radius 1 is 1.32 bits per heavy atom. The third-order valence-corrected chi connectivity index (χ3v) is 4.96. The summed E-state index contributed by atoms with van der Waals surface area (Å²) in [6.45, 7) is 7.65. The monoisotopic (exact) mass is 385 g/mol. The van der Waals surface area contributed by atoms with Gasteiger partial charge in [0, 0.05) is 29.3 Å². The van der Waals surface area contributed by atoms with Crippen LogP contribution in [-0.2, 0) is 14.3 Å². The minimum Gasteiger partial charge on any atom is -0.504 e. The summed E-state index contributed by atoms with van der Waals surface area (Å²) in [4.78, 5) is 25.8. The second-order valence-corrected chi connectivity index (χ2v) is 7.38. The number of benzene rings is 1. The first-order valence-electron chi connectivity index (χ1n) is 9.74. The SMILES string of the molecule is CCOc1cc([C@H]2C(C(=O)OC(C)C)=C(C)NC3=C2C(=O)CCC3)ccc1O. The lowest BCUT2D eigenvalue weighted by molar-refractivity contribution is -0.143. The summed E-state index contributed by atoms with van der Waals surface area (Å²) in [5.41, 5.74) is 3.32. The van der Waals surface area contributed by atoms with E-state index in [1.807, 2.05) is 13.8 Å². The van der Waals surface area contributed by atoms with Gasteiger partial charge in [0.05, 0.1) is 18.3 Å². The molecule has 6 nitrogen and oxygen atoms in total. The van der Waals surface area contributed by atoms with Gasteiger partial charge in [-0.25, -0.2) is 4.79 Å². The van der Waals surface area contributed by atoms with Crippen molar-refractivity contribution in [1.82, 2.24) is 5.32 Å². The molecular weight excluding hydrogens is 358 g/mol. The summed E-state index contributed by atoms with van der Waals surface area (Å²) in [7, 11) is 0. The fourth-order valence-corrected chi connectivity index (χ4v) is 3.85. The molecule has 2 aliphatic rings. The Hall–Kier alpha value is -2.76. The molecule has 0 spiro atoms. The zero-order chi connectivity index (χ0) is 20.4. The Morgan fingerprint density at radius 3 is 2.75 bits per heavy atom. The number of hydrogen-bond acceptors (Lipinski definition) is 6. The Kier molecular flexibility index (Phi) is 5.77. The van der Waals surface area contributed by atoms with Crippen LogP contribution in [-0.4, -0.2) is 29.6 Å². The van der Waals surface area contributed by atoms with Crippen molar-refractivity contribution in [3.63, 3.8) is 0 Å². The number of hydrogen-bond donors (Lipinski definition) is 2. The molecule has 1 aliphatic heterocycles. The highest BCUT2D eigenvalue weighted by Gasteiger charge is 2.39. The van der Waals surface area contributed by atoms with Crippen molar-refractivity contribution in [3.05, 3.63) is 46.3 Å². The van der Waals surface area contributed by atoms with E-state index in [1.54, 1.807) is 26.0 Å². The summed E-state index contributed by atoms with van der Waals surface area (Å²) < 4.78 is 11.0. The Balaban J connectivity index is 2.16. The number of carbonyl (C=O) groups is 2. The maximum Gasteiger partial charge on any atom is 0.337 e. The van der Waals surface area contributed by atoms with Crippen molar-refractivity contribution in [1.29, 1.82) is 0 Å². The fraction of sp³-hybridized carbons (Fsp3) is 0.455. The number of Topliss-reactive ketones (excluding diaryl/α,β-unsaturated/α-hetero) is 1. The van der Waals surface area contributed by atoms with Gasteiger partial charge in [0.2, 0.25) is 0 Å². The molecule has 1 aromatic carbocycles. The number of phenols is 1. The van der Waals surface area contributed by atoms with Crippen molar-refractivity contribution in [3.8, 4) is 11.5 Å². The second kappa shape index (κ2) is 8.09. The molecule has 0 aromatic heterocycles. The molecule has 28 heavy (non-hydrogen) atoms. The number of nitrogens with one attached hydrogen (secondary N) is 1. The number of dihydropyridines is 1. The molecule has 0 radical (unpaired) electrons. The van der Waals surface area contributed by atoms with Gasteiger partial charge in [0.15, 0.2) is 17.3 Å². The topological polar surface area (TPSA) is 84.9 Å². The third kappa shape index (κ3) is 3.77. The zero-order valence-corrected chi connectivity index (χ0v) is 16.8. The number of carbonyl (C=O) groups excluding carboxylic acids is 2. The summed E-state index contributed by atoms with van der Waals surface area (Å²) in [5.74, 6) is -0.600. The molecule has 1 atom stereocenters.